The number of ether oxygens (including phenoxy) is 1. The largest absolute Gasteiger partial charge is 0.422 e. The van der Waals surface area contributed by atoms with E-state index in [1.54, 1.807) is 12.1 Å². The van der Waals surface area contributed by atoms with Gasteiger partial charge in [-0.05, 0) is 12.1 Å². The van der Waals surface area contributed by atoms with Gasteiger partial charge in [0.2, 0.25) is 5.13 Å². The number of para-hydroxylation sites is 1. The van der Waals surface area contributed by atoms with E-state index in [0.29, 0.717) is 15.9 Å². The number of anilines is 1. The molecular weight excluding hydrogens is 222 g/mol. The number of hydrogen-bond donors (Lipinski definition) is 1. The van der Waals surface area contributed by atoms with Crippen LogP contribution in [0.25, 0.3) is 0 Å². The van der Waals surface area contributed by atoms with Crippen molar-refractivity contribution in [1.29, 1.82) is 0 Å². The smallest absolute Gasteiger partial charge is 0.335 e. The van der Waals surface area contributed by atoms with Crippen molar-refractivity contribution < 1.29 is 4.74 Å². The van der Waals surface area contributed by atoms with E-state index in [9.17, 15) is 0 Å². The molecule has 0 atom stereocenters. The van der Waals surface area contributed by atoms with Crippen LogP contribution >= 0.6 is 23.1 Å². The average Bonchev–Trinajstić information content (AvgIpc) is 2.56. The van der Waals surface area contributed by atoms with E-state index >= 15 is 0 Å². The van der Waals surface area contributed by atoms with Gasteiger partial charge in [0.05, 0.1) is 5.02 Å². The first-order chi connectivity index (χ1) is 6.75. The molecule has 0 aliphatic rings. The Balaban J connectivity index is 2.23. The van der Waals surface area contributed by atoms with Crippen molar-refractivity contribution in [3.8, 4) is 11.8 Å². The van der Waals surface area contributed by atoms with E-state index in [1.165, 1.54) is 0 Å². The summed E-state index contributed by atoms with van der Waals surface area (Å²) in [6, 6.07) is 7.32. The van der Waals surface area contributed by atoms with Crippen molar-refractivity contribution in [2.45, 2.75) is 0 Å². The summed E-state index contributed by atoms with van der Waals surface area (Å²) in [4.78, 5) is 3.85. The molecule has 2 N–H and O–H groups in total. The molecule has 0 aliphatic carbocycles. The molecule has 14 heavy (non-hydrogen) atoms. The number of benzene rings is 1. The molecule has 2 aromatic rings. The van der Waals surface area contributed by atoms with Crippen molar-refractivity contribution in [2.75, 3.05) is 5.73 Å². The monoisotopic (exact) mass is 227 g/mol. The summed E-state index contributed by atoms with van der Waals surface area (Å²) in [5.41, 5.74) is 5.40. The maximum atomic E-state index is 5.87. The molecule has 6 heteroatoms. The van der Waals surface area contributed by atoms with Crippen molar-refractivity contribution in [3.63, 3.8) is 0 Å². The summed E-state index contributed by atoms with van der Waals surface area (Å²) < 4.78 is 9.18. The fourth-order valence-corrected chi connectivity index (χ4v) is 1.43. The van der Waals surface area contributed by atoms with Gasteiger partial charge in [-0.15, -0.1) is 4.37 Å². The van der Waals surface area contributed by atoms with Gasteiger partial charge in [0.15, 0.2) is 0 Å². The molecule has 1 aromatic heterocycles. The van der Waals surface area contributed by atoms with Crippen molar-refractivity contribution in [1.82, 2.24) is 9.36 Å². The van der Waals surface area contributed by atoms with Gasteiger partial charge in [-0.3, -0.25) is 0 Å². The Morgan fingerprint density at radius 3 is 2.79 bits per heavy atom. The first kappa shape index (κ1) is 9.23. The van der Waals surface area contributed by atoms with Gasteiger partial charge in [0, 0.05) is 11.5 Å². The molecule has 72 valence electrons. The van der Waals surface area contributed by atoms with E-state index in [-0.39, 0.29) is 6.01 Å². The number of hydrogen-bond acceptors (Lipinski definition) is 5. The van der Waals surface area contributed by atoms with E-state index in [4.69, 9.17) is 22.1 Å². The van der Waals surface area contributed by atoms with Crippen LogP contribution in [0.4, 0.5) is 5.13 Å². The molecule has 0 spiro atoms. The fourth-order valence-electron chi connectivity index (χ4n) is 0.888. The van der Waals surface area contributed by atoms with Crippen LogP contribution in [0.3, 0.4) is 0 Å². The quantitative estimate of drug-likeness (QED) is 0.857. The van der Waals surface area contributed by atoms with Crippen LogP contribution in [0.2, 0.25) is 5.02 Å². The Hall–Kier alpha value is -1.33. The van der Waals surface area contributed by atoms with E-state index < -0.39 is 0 Å². The zero-order valence-corrected chi connectivity index (χ0v) is 8.55. The predicted octanol–water partition coefficient (Wildman–Crippen LogP) is 2.57. The third-order valence-electron chi connectivity index (χ3n) is 1.46. The van der Waals surface area contributed by atoms with Gasteiger partial charge in [0.1, 0.15) is 5.75 Å². The normalized spacial score (nSPS) is 10.1. The van der Waals surface area contributed by atoms with Gasteiger partial charge in [0.25, 0.3) is 0 Å². The van der Waals surface area contributed by atoms with Crippen molar-refractivity contribution >= 4 is 28.3 Å². The first-order valence-corrected chi connectivity index (χ1v) is 4.92. The van der Waals surface area contributed by atoms with Crippen LogP contribution in [0.1, 0.15) is 0 Å². The van der Waals surface area contributed by atoms with E-state index in [2.05, 4.69) is 9.36 Å². The zero-order valence-electron chi connectivity index (χ0n) is 6.98. The summed E-state index contributed by atoms with van der Waals surface area (Å²) >= 11 is 6.95. The highest BCUT2D eigenvalue weighted by atomic mass is 35.5. The maximum Gasteiger partial charge on any atom is 0.335 e. The molecule has 1 heterocycles. The molecule has 0 aliphatic heterocycles. The molecule has 0 bridgehead atoms. The Bertz CT molecular complexity index is 446. The molecule has 0 saturated carbocycles. The predicted molar refractivity (Wildman–Crippen MR) is 55.8 cm³/mol. The maximum absolute atomic E-state index is 5.87. The molecule has 0 radical (unpaired) electrons. The van der Waals surface area contributed by atoms with Crippen LogP contribution < -0.4 is 10.5 Å². The Labute approximate surface area is 89.5 Å². The van der Waals surface area contributed by atoms with Crippen molar-refractivity contribution in [3.05, 3.63) is 29.3 Å². The highest BCUT2D eigenvalue weighted by molar-refractivity contribution is 7.09. The number of aromatic nitrogens is 2. The van der Waals surface area contributed by atoms with Gasteiger partial charge in [-0.2, -0.15) is 4.98 Å². The minimum Gasteiger partial charge on any atom is -0.422 e. The Kier molecular flexibility index (Phi) is 2.51. The minimum atomic E-state index is 0.223. The minimum absolute atomic E-state index is 0.223. The summed E-state index contributed by atoms with van der Waals surface area (Å²) in [6.45, 7) is 0. The number of rotatable bonds is 2. The molecule has 2 rings (SSSR count). The third-order valence-corrected chi connectivity index (χ3v) is 2.30. The lowest BCUT2D eigenvalue weighted by Crippen LogP contribution is -1.87. The van der Waals surface area contributed by atoms with Crippen LogP contribution in [0, 0.1) is 0 Å². The zero-order chi connectivity index (χ0) is 9.97. The highest BCUT2D eigenvalue weighted by Crippen LogP contribution is 2.27. The van der Waals surface area contributed by atoms with Gasteiger partial charge in [-0.1, -0.05) is 23.7 Å². The third kappa shape index (κ3) is 1.94. The Morgan fingerprint density at radius 1 is 1.36 bits per heavy atom. The lowest BCUT2D eigenvalue weighted by Gasteiger charge is -2.01. The summed E-state index contributed by atoms with van der Waals surface area (Å²) in [5, 5.41) is 0.882. The van der Waals surface area contributed by atoms with Crippen LogP contribution in [0.15, 0.2) is 24.3 Å². The second-order valence-corrected chi connectivity index (χ2v) is 3.64. The van der Waals surface area contributed by atoms with E-state index in [1.807, 2.05) is 12.1 Å². The lowest BCUT2D eigenvalue weighted by atomic mass is 10.3. The molecular formula is C8H6ClN3OS. The Morgan fingerprint density at radius 2 is 2.14 bits per heavy atom. The number of nitrogen functional groups attached to an aromatic ring is 1. The molecule has 0 fully saturated rings. The fraction of sp³-hybridized carbons (Fsp3) is 0. The summed E-state index contributed by atoms with van der Waals surface area (Å²) in [7, 11) is 0. The summed E-state index contributed by atoms with van der Waals surface area (Å²) in [5.74, 6) is 0.520. The van der Waals surface area contributed by atoms with Crippen LogP contribution in [-0.2, 0) is 0 Å². The van der Waals surface area contributed by atoms with Gasteiger partial charge < -0.3 is 10.5 Å². The van der Waals surface area contributed by atoms with E-state index in [0.717, 1.165) is 11.5 Å². The molecule has 0 unspecified atom stereocenters. The average molecular weight is 228 g/mol. The SMILES string of the molecule is Nc1nc(Oc2ccccc2Cl)ns1. The number of nitrogens with zero attached hydrogens (tertiary/aromatic N) is 2. The topological polar surface area (TPSA) is 61.0 Å². The second kappa shape index (κ2) is 3.81. The lowest BCUT2D eigenvalue weighted by molar-refractivity contribution is 0.450. The van der Waals surface area contributed by atoms with Crippen LogP contribution in [-0.4, -0.2) is 9.36 Å². The highest BCUT2D eigenvalue weighted by Gasteiger charge is 2.05. The van der Waals surface area contributed by atoms with Gasteiger partial charge >= 0.3 is 6.01 Å². The first-order valence-electron chi connectivity index (χ1n) is 3.77. The molecule has 0 amide bonds. The number of halogens is 1. The summed E-state index contributed by atoms with van der Waals surface area (Å²) in [6.07, 6.45) is 0. The second-order valence-electron chi connectivity index (χ2n) is 2.45. The standard InChI is InChI=1S/C8H6ClN3OS/c9-5-3-1-2-4-6(5)13-8-11-7(10)14-12-8/h1-4H,(H2,10,11,12). The molecule has 1 aromatic carbocycles. The van der Waals surface area contributed by atoms with Crippen LogP contribution in [0.5, 0.6) is 11.8 Å². The number of nitrogens with two attached hydrogens (primary N) is 1. The van der Waals surface area contributed by atoms with Gasteiger partial charge in [-0.25, -0.2) is 0 Å². The van der Waals surface area contributed by atoms with Crippen molar-refractivity contribution in [2.24, 2.45) is 0 Å². The molecule has 4 nitrogen and oxygen atoms in total. The molecule has 0 saturated heterocycles.